The van der Waals surface area contributed by atoms with Gasteiger partial charge in [0.05, 0.1) is 11.5 Å². The Hall–Kier alpha value is -1.89. The summed E-state index contributed by atoms with van der Waals surface area (Å²) >= 11 is 0. The summed E-state index contributed by atoms with van der Waals surface area (Å²) in [6.07, 6.45) is 0. The molecule has 1 heterocycles. The largest absolute Gasteiger partial charge is 0.494 e. The van der Waals surface area contributed by atoms with E-state index in [-0.39, 0.29) is 16.9 Å². The van der Waals surface area contributed by atoms with Crippen LogP contribution < -0.4 is 10.5 Å². The molecule has 2 aromatic carbocycles. The van der Waals surface area contributed by atoms with E-state index in [4.69, 9.17) is 10.5 Å². The minimum atomic E-state index is -3.58. The molecule has 128 valence electrons. The van der Waals surface area contributed by atoms with Crippen LogP contribution in [0.2, 0.25) is 0 Å². The van der Waals surface area contributed by atoms with Crippen LogP contribution in [0.3, 0.4) is 0 Å². The molecule has 0 spiro atoms. The molecule has 24 heavy (non-hydrogen) atoms. The van der Waals surface area contributed by atoms with Crippen LogP contribution in [0.25, 0.3) is 0 Å². The van der Waals surface area contributed by atoms with Crippen LogP contribution in [0.4, 0.5) is 0 Å². The third kappa shape index (κ3) is 3.31. The van der Waals surface area contributed by atoms with Crippen molar-refractivity contribution in [1.82, 2.24) is 4.31 Å². The van der Waals surface area contributed by atoms with E-state index in [1.807, 2.05) is 37.3 Å². The lowest BCUT2D eigenvalue weighted by Crippen LogP contribution is -2.32. The number of benzene rings is 2. The Balaban J connectivity index is 1.85. The van der Waals surface area contributed by atoms with E-state index in [0.29, 0.717) is 25.4 Å². The molecule has 2 N–H and O–H groups in total. The van der Waals surface area contributed by atoms with Gasteiger partial charge in [-0.05, 0) is 24.6 Å². The molecule has 0 amide bonds. The third-order valence-electron chi connectivity index (χ3n) is 4.31. The number of hydrogen-bond acceptors (Lipinski definition) is 4. The van der Waals surface area contributed by atoms with Crippen molar-refractivity contribution in [3.05, 3.63) is 60.2 Å². The maximum Gasteiger partial charge on any atom is 0.243 e. The first kappa shape index (κ1) is 17.0. The maximum absolute atomic E-state index is 12.9. The highest BCUT2D eigenvalue weighted by Gasteiger charge is 2.38. The van der Waals surface area contributed by atoms with Gasteiger partial charge in [-0.2, -0.15) is 4.31 Å². The van der Waals surface area contributed by atoms with Gasteiger partial charge < -0.3 is 10.5 Å². The van der Waals surface area contributed by atoms with Crippen molar-refractivity contribution in [3.8, 4) is 5.75 Å². The number of nitrogens with two attached hydrogens (primary N) is 1. The van der Waals surface area contributed by atoms with Crippen molar-refractivity contribution in [2.24, 2.45) is 5.73 Å². The predicted molar refractivity (Wildman–Crippen MR) is 93.5 cm³/mol. The number of rotatable bonds is 5. The van der Waals surface area contributed by atoms with Crippen molar-refractivity contribution in [1.29, 1.82) is 0 Å². The molecule has 0 unspecified atom stereocenters. The molecule has 0 bridgehead atoms. The molecular weight excluding hydrogens is 324 g/mol. The first-order valence-electron chi connectivity index (χ1n) is 8.06. The fourth-order valence-electron chi connectivity index (χ4n) is 3.08. The highest BCUT2D eigenvalue weighted by Crippen LogP contribution is 2.31. The zero-order chi connectivity index (χ0) is 17.2. The van der Waals surface area contributed by atoms with Crippen LogP contribution in [0.15, 0.2) is 59.5 Å². The average Bonchev–Trinajstić information content (AvgIpc) is 2.99. The second-order valence-corrected chi connectivity index (χ2v) is 7.85. The van der Waals surface area contributed by atoms with Crippen molar-refractivity contribution >= 4 is 10.0 Å². The topological polar surface area (TPSA) is 72.6 Å². The van der Waals surface area contributed by atoms with E-state index in [1.54, 1.807) is 24.3 Å². The van der Waals surface area contributed by atoms with Gasteiger partial charge in [-0.1, -0.05) is 36.4 Å². The fraction of sp³-hybridized carbons (Fsp3) is 0.333. The van der Waals surface area contributed by atoms with Gasteiger partial charge >= 0.3 is 0 Å². The first-order chi connectivity index (χ1) is 11.5. The summed E-state index contributed by atoms with van der Waals surface area (Å²) in [5, 5.41) is 0. The molecule has 2 aromatic rings. The van der Waals surface area contributed by atoms with Crippen LogP contribution in [0.5, 0.6) is 5.75 Å². The molecule has 1 aliphatic rings. The van der Waals surface area contributed by atoms with Crippen LogP contribution in [-0.4, -0.2) is 38.5 Å². The molecule has 0 radical (unpaired) electrons. The molecule has 3 rings (SSSR count). The summed E-state index contributed by atoms with van der Waals surface area (Å²) < 4.78 is 32.7. The lowest BCUT2D eigenvalue weighted by Gasteiger charge is -2.17. The predicted octanol–water partition coefficient (Wildman–Crippen LogP) is 2.20. The zero-order valence-corrected chi connectivity index (χ0v) is 14.4. The van der Waals surface area contributed by atoms with E-state index in [9.17, 15) is 8.42 Å². The number of sulfonamides is 1. The highest BCUT2D eigenvalue weighted by atomic mass is 32.2. The normalized spacial score (nSPS) is 21.8. The van der Waals surface area contributed by atoms with Crippen molar-refractivity contribution < 1.29 is 13.2 Å². The van der Waals surface area contributed by atoms with Crippen molar-refractivity contribution in [2.45, 2.75) is 23.8 Å². The minimum Gasteiger partial charge on any atom is -0.494 e. The molecule has 6 heteroatoms. The van der Waals surface area contributed by atoms with Gasteiger partial charge in [0.2, 0.25) is 10.0 Å². The van der Waals surface area contributed by atoms with Crippen LogP contribution in [0, 0.1) is 0 Å². The fourth-order valence-corrected chi connectivity index (χ4v) is 4.62. The van der Waals surface area contributed by atoms with E-state index in [1.165, 1.54) is 4.31 Å². The van der Waals surface area contributed by atoms with Crippen molar-refractivity contribution in [3.63, 3.8) is 0 Å². The van der Waals surface area contributed by atoms with E-state index in [0.717, 1.165) is 5.56 Å². The molecule has 1 aliphatic heterocycles. The number of nitrogens with zero attached hydrogens (tertiary/aromatic N) is 1. The first-order valence-corrected chi connectivity index (χ1v) is 9.50. The molecular formula is C18H22N2O3S. The Morgan fingerprint density at radius 3 is 2.58 bits per heavy atom. The SMILES string of the molecule is CCOc1cccc(S(=O)(=O)N2C[C@@H](N)[C@H](c3ccccc3)C2)c1. The molecule has 1 saturated heterocycles. The van der Waals surface area contributed by atoms with Crippen molar-refractivity contribution in [2.75, 3.05) is 19.7 Å². The summed E-state index contributed by atoms with van der Waals surface area (Å²) in [5.74, 6) is 0.567. The quantitative estimate of drug-likeness (QED) is 0.901. The Morgan fingerprint density at radius 2 is 1.88 bits per heavy atom. The summed E-state index contributed by atoms with van der Waals surface area (Å²) in [7, 11) is -3.58. The zero-order valence-electron chi connectivity index (χ0n) is 13.6. The molecule has 5 nitrogen and oxygen atoms in total. The molecule has 1 fully saturated rings. The second-order valence-electron chi connectivity index (χ2n) is 5.91. The Morgan fingerprint density at radius 1 is 1.12 bits per heavy atom. The molecule has 2 atom stereocenters. The molecule has 0 aliphatic carbocycles. The Bertz CT molecular complexity index is 793. The number of ether oxygens (including phenoxy) is 1. The van der Waals surface area contributed by atoms with E-state index >= 15 is 0 Å². The van der Waals surface area contributed by atoms with Gasteiger partial charge in [-0.3, -0.25) is 0 Å². The lowest BCUT2D eigenvalue weighted by molar-refractivity contribution is 0.339. The lowest BCUT2D eigenvalue weighted by atomic mass is 9.95. The van der Waals surface area contributed by atoms with Gasteiger partial charge in [0.1, 0.15) is 5.75 Å². The number of hydrogen-bond donors (Lipinski definition) is 1. The van der Waals surface area contributed by atoms with Crippen LogP contribution >= 0.6 is 0 Å². The monoisotopic (exact) mass is 346 g/mol. The van der Waals surface area contributed by atoms with Crippen LogP contribution in [-0.2, 0) is 10.0 Å². The Kier molecular flexibility index (Phi) is 4.89. The van der Waals surface area contributed by atoms with Crippen LogP contribution in [0.1, 0.15) is 18.4 Å². The summed E-state index contributed by atoms with van der Waals surface area (Å²) in [6.45, 7) is 3.08. The van der Waals surface area contributed by atoms with Gasteiger partial charge in [0.15, 0.2) is 0 Å². The molecule has 0 saturated carbocycles. The smallest absolute Gasteiger partial charge is 0.243 e. The molecule has 0 aromatic heterocycles. The summed E-state index contributed by atoms with van der Waals surface area (Å²) in [4.78, 5) is 0.245. The highest BCUT2D eigenvalue weighted by molar-refractivity contribution is 7.89. The standard InChI is InChI=1S/C18H22N2O3S/c1-2-23-15-9-6-10-16(11-15)24(21,22)20-12-17(18(19)13-20)14-7-4-3-5-8-14/h3-11,17-18H,2,12-13,19H2,1H3/t17-,18+/m0/s1. The second kappa shape index (κ2) is 6.93. The summed E-state index contributed by atoms with van der Waals surface area (Å²) in [6, 6.07) is 16.2. The third-order valence-corrected chi connectivity index (χ3v) is 6.14. The van der Waals surface area contributed by atoms with Gasteiger partial charge in [0, 0.05) is 31.1 Å². The van der Waals surface area contributed by atoms with E-state index < -0.39 is 10.0 Å². The van der Waals surface area contributed by atoms with Gasteiger partial charge in [0.25, 0.3) is 0 Å². The summed E-state index contributed by atoms with van der Waals surface area (Å²) in [5.41, 5.74) is 7.30. The Labute approximate surface area is 143 Å². The maximum atomic E-state index is 12.9. The minimum absolute atomic E-state index is 0.0102. The van der Waals surface area contributed by atoms with Gasteiger partial charge in [-0.25, -0.2) is 8.42 Å². The van der Waals surface area contributed by atoms with E-state index in [2.05, 4.69) is 0 Å². The van der Waals surface area contributed by atoms with Gasteiger partial charge in [-0.15, -0.1) is 0 Å². The average molecular weight is 346 g/mol.